The molecule has 128 valence electrons. The van der Waals surface area contributed by atoms with Gasteiger partial charge in [-0.2, -0.15) is 0 Å². The Balaban J connectivity index is 2.12. The first-order chi connectivity index (χ1) is 10.3. The van der Waals surface area contributed by atoms with Gasteiger partial charge in [-0.15, -0.1) is 0 Å². The molecule has 7 nitrogen and oxygen atoms in total. The fraction of sp³-hybridized carbons (Fsp3) is 0.867. The van der Waals surface area contributed by atoms with Gasteiger partial charge in [-0.25, -0.2) is 4.79 Å². The number of amides is 2. The Bertz CT molecular complexity index is 362. The molecule has 0 aromatic rings. The summed E-state index contributed by atoms with van der Waals surface area (Å²) in [6.07, 6.45) is -0.132. The summed E-state index contributed by atoms with van der Waals surface area (Å²) in [4.78, 5) is 27.2. The van der Waals surface area contributed by atoms with Crippen molar-refractivity contribution in [1.82, 2.24) is 15.1 Å². The highest BCUT2D eigenvalue weighted by molar-refractivity contribution is 5.77. The topological polar surface area (TPSA) is 71.1 Å². The molecular formula is C15H29N3O4. The van der Waals surface area contributed by atoms with E-state index in [9.17, 15) is 9.59 Å². The average molecular weight is 315 g/mol. The van der Waals surface area contributed by atoms with Gasteiger partial charge >= 0.3 is 6.09 Å². The van der Waals surface area contributed by atoms with Gasteiger partial charge < -0.3 is 19.7 Å². The van der Waals surface area contributed by atoms with Crippen LogP contribution in [-0.2, 0) is 14.3 Å². The van der Waals surface area contributed by atoms with E-state index >= 15 is 0 Å². The third-order valence-corrected chi connectivity index (χ3v) is 3.23. The van der Waals surface area contributed by atoms with Crippen LogP contribution in [0.2, 0.25) is 0 Å². The van der Waals surface area contributed by atoms with Crippen molar-refractivity contribution in [2.45, 2.75) is 32.8 Å². The lowest BCUT2D eigenvalue weighted by Crippen LogP contribution is -2.42. The zero-order chi connectivity index (χ0) is 16.6. The standard InChI is InChI=1S/C15H29N3O4/c1-15(2,3)22-14(20)17(4)7-5-13(19)16-6-8-18-9-11-21-12-10-18/h5-12H2,1-4H3,(H,16,19). The molecule has 22 heavy (non-hydrogen) atoms. The minimum atomic E-state index is -0.522. The summed E-state index contributed by atoms with van der Waals surface area (Å²) in [7, 11) is 1.63. The number of rotatable bonds is 6. The van der Waals surface area contributed by atoms with Crippen molar-refractivity contribution in [3.8, 4) is 0 Å². The number of morpholine rings is 1. The molecule has 1 N–H and O–H groups in total. The first-order valence-electron chi connectivity index (χ1n) is 7.79. The minimum Gasteiger partial charge on any atom is -0.444 e. The van der Waals surface area contributed by atoms with Crippen molar-refractivity contribution in [2.24, 2.45) is 0 Å². The van der Waals surface area contributed by atoms with Crippen molar-refractivity contribution in [2.75, 3.05) is 53.0 Å². The molecular weight excluding hydrogens is 286 g/mol. The SMILES string of the molecule is CN(CCC(=O)NCCN1CCOCC1)C(=O)OC(C)(C)C. The summed E-state index contributed by atoms with van der Waals surface area (Å²) in [5.41, 5.74) is -0.522. The van der Waals surface area contributed by atoms with Crippen molar-refractivity contribution in [1.29, 1.82) is 0 Å². The largest absolute Gasteiger partial charge is 0.444 e. The van der Waals surface area contributed by atoms with Gasteiger partial charge in [0, 0.05) is 46.2 Å². The number of carbonyl (C=O) groups excluding carboxylic acids is 2. The number of ether oxygens (including phenoxy) is 2. The van der Waals surface area contributed by atoms with Gasteiger partial charge in [-0.3, -0.25) is 9.69 Å². The molecule has 0 bridgehead atoms. The molecule has 1 aliphatic heterocycles. The lowest BCUT2D eigenvalue weighted by atomic mass is 10.2. The Kier molecular flexibility index (Phi) is 7.61. The summed E-state index contributed by atoms with van der Waals surface area (Å²) < 4.78 is 10.5. The second-order valence-electron chi connectivity index (χ2n) is 6.46. The van der Waals surface area contributed by atoms with Crippen molar-refractivity contribution in [3.05, 3.63) is 0 Å². The maximum absolute atomic E-state index is 11.8. The van der Waals surface area contributed by atoms with E-state index < -0.39 is 11.7 Å². The van der Waals surface area contributed by atoms with E-state index in [4.69, 9.17) is 9.47 Å². The maximum atomic E-state index is 11.8. The summed E-state index contributed by atoms with van der Waals surface area (Å²) >= 11 is 0. The van der Waals surface area contributed by atoms with Crippen LogP contribution in [0.4, 0.5) is 4.79 Å². The average Bonchev–Trinajstić information content (AvgIpc) is 2.44. The molecule has 1 aliphatic rings. The van der Waals surface area contributed by atoms with E-state index in [0.29, 0.717) is 13.1 Å². The molecule has 0 spiro atoms. The van der Waals surface area contributed by atoms with Crippen LogP contribution < -0.4 is 5.32 Å². The van der Waals surface area contributed by atoms with Crippen LogP contribution in [-0.4, -0.2) is 80.4 Å². The van der Waals surface area contributed by atoms with Crippen LogP contribution >= 0.6 is 0 Å². The van der Waals surface area contributed by atoms with Crippen LogP contribution in [0.15, 0.2) is 0 Å². The normalized spacial score (nSPS) is 16.2. The lowest BCUT2D eigenvalue weighted by molar-refractivity contribution is -0.121. The highest BCUT2D eigenvalue weighted by Gasteiger charge is 2.19. The Labute approximate surface area is 132 Å². The molecule has 0 unspecified atom stereocenters. The third kappa shape index (κ3) is 8.19. The summed E-state index contributed by atoms with van der Waals surface area (Å²) in [6.45, 7) is 10.6. The van der Waals surface area contributed by atoms with Crippen LogP contribution in [0.5, 0.6) is 0 Å². The number of nitrogens with zero attached hydrogens (tertiary/aromatic N) is 2. The van der Waals surface area contributed by atoms with Gasteiger partial charge in [0.05, 0.1) is 13.2 Å². The van der Waals surface area contributed by atoms with E-state index in [0.717, 1.165) is 32.8 Å². The Morgan fingerprint density at radius 2 is 1.91 bits per heavy atom. The molecule has 0 aromatic heterocycles. The van der Waals surface area contributed by atoms with Gasteiger partial charge in [0.1, 0.15) is 5.60 Å². The van der Waals surface area contributed by atoms with Gasteiger partial charge in [0.2, 0.25) is 5.91 Å². The number of hydrogen-bond acceptors (Lipinski definition) is 5. The molecule has 0 radical (unpaired) electrons. The monoisotopic (exact) mass is 315 g/mol. The van der Waals surface area contributed by atoms with Crippen molar-refractivity contribution in [3.63, 3.8) is 0 Å². The molecule has 1 heterocycles. The quantitative estimate of drug-likeness (QED) is 0.781. The number of carbonyl (C=O) groups is 2. The predicted octanol–water partition coefficient (Wildman–Crippen LogP) is 0.692. The van der Waals surface area contributed by atoms with Gasteiger partial charge in [0.25, 0.3) is 0 Å². The molecule has 1 saturated heterocycles. The van der Waals surface area contributed by atoms with Crippen molar-refractivity contribution >= 4 is 12.0 Å². The van der Waals surface area contributed by atoms with Gasteiger partial charge in [-0.05, 0) is 20.8 Å². The lowest BCUT2D eigenvalue weighted by Gasteiger charge is -2.26. The molecule has 0 aromatic carbocycles. The summed E-state index contributed by atoms with van der Waals surface area (Å²) in [5, 5.41) is 2.87. The fourth-order valence-electron chi connectivity index (χ4n) is 1.97. The molecule has 1 rings (SSSR count). The first-order valence-corrected chi connectivity index (χ1v) is 7.79. The Morgan fingerprint density at radius 3 is 2.50 bits per heavy atom. The molecule has 0 saturated carbocycles. The van der Waals surface area contributed by atoms with Crippen LogP contribution in [0.25, 0.3) is 0 Å². The molecule has 0 aliphatic carbocycles. The number of hydrogen-bond donors (Lipinski definition) is 1. The second-order valence-corrected chi connectivity index (χ2v) is 6.46. The van der Waals surface area contributed by atoms with Crippen molar-refractivity contribution < 1.29 is 19.1 Å². The summed E-state index contributed by atoms with van der Waals surface area (Å²) in [6, 6.07) is 0. The van der Waals surface area contributed by atoms with Gasteiger partial charge in [-0.1, -0.05) is 0 Å². The Hall–Kier alpha value is -1.34. The summed E-state index contributed by atoms with van der Waals surface area (Å²) in [5.74, 6) is -0.0522. The third-order valence-electron chi connectivity index (χ3n) is 3.23. The van der Waals surface area contributed by atoms with Crippen LogP contribution in [0.1, 0.15) is 27.2 Å². The smallest absolute Gasteiger partial charge is 0.410 e. The van der Waals surface area contributed by atoms with E-state index in [-0.39, 0.29) is 12.3 Å². The van der Waals surface area contributed by atoms with E-state index in [1.807, 2.05) is 20.8 Å². The molecule has 1 fully saturated rings. The maximum Gasteiger partial charge on any atom is 0.410 e. The molecule has 2 amide bonds. The first kappa shape index (κ1) is 18.7. The Morgan fingerprint density at radius 1 is 1.27 bits per heavy atom. The fourth-order valence-corrected chi connectivity index (χ4v) is 1.97. The highest BCUT2D eigenvalue weighted by atomic mass is 16.6. The van der Waals surface area contributed by atoms with E-state index in [1.54, 1.807) is 7.05 Å². The highest BCUT2D eigenvalue weighted by Crippen LogP contribution is 2.09. The zero-order valence-corrected chi connectivity index (χ0v) is 14.2. The predicted molar refractivity (Wildman–Crippen MR) is 83.7 cm³/mol. The molecule has 0 atom stereocenters. The van der Waals surface area contributed by atoms with E-state index in [2.05, 4.69) is 10.2 Å². The van der Waals surface area contributed by atoms with Gasteiger partial charge in [0.15, 0.2) is 0 Å². The van der Waals surface area contributed by atoms with Crippen LogP contribution in [0.3, 0.4) is 0 Å². The van der Waals surface area contributed by atoms with E-state index in [1.165, 1.54) is 4.90 Å². The second kappa shape index (κ2) is 8.95. The minimum absolute atomic E-state index is 0.0522. The molecule has 7 heteroatoms. The zero-order valence-electron chi connectivity index (χ0n) is 14.2. The number of nitrogens with one attached hydrogen (secondary N) is 1. The van der Waals surface area contributed by atoms with Crippen LogP contribution in [0, 0.1) is 0 Å².